The van der Waals surface area contributed by atoms with E-state index >= 15 is 0 Å². The van der Waals surface area contributed by atoms with Gasteiger partial charge < -0.3 is 9.88 Å². The molecule has 0 unspecified atom stereocenters. The molecule has 0 saturated carbocycles. The second-order valence-corrected chi connectivity index (χ2v) is 4.52. The van der Waals surface area contributed by atoms with Crippen molar-refractivity contribution in [3.63, 3.8) is 0 Å². The van der Waals surface area contributed by atoms with Crippen LogP contribution in [-0.2, 0) is 13.1 Å². The average Bonchev–Trinajstić information content (AvgIpc) is 2.81. The van der Waals surface area contributed by atoms with Gasteiger partial charge in [0.1, 0.15) is 0 Å². The van der Waals surface area contributed by atoms with E-state index in [4.69, 9.17) is 0 Å². The Morgan fingerprint density at radius 3 is 2.89 bits per heavy atom. The molecule has 0 radical (unpaired) electrons. The maximum atomic E-state index is 12.2. The van der Waals surface area contributed by atoms with Gasteiger partial charge in [0.05, 0.1) is 0 Å². The van der Waals surface area contributed by atoms with Crippen LogP contribution in [0.1, 0.15) is 27.3 Å². The molecule has 1 N–H and O–H groups in total. The summed E-state index contributed by atoms with van der Waals surface area (Å²) < 4.78 is 0. The van der Waals surface area contributed by atoms with Gasteiger partial charge in [0.25, 0.3) is 11.5 Å². The molecule has 3 rings (SSSR count). The van der Waals surface area contributed by atoms with Crippen LogP contribution in [0.15, 0.2) is 29.5 Å². The van der Waals surface area contributed by atoms with Crippen molar-refractivity contribution >= 4 is 5.91 Å². The van der Waals surface area contributed by atoms with Gasteiger partial charge in [-0.1, -0.05) is 0 Å². The van der Waals surface area contributed by atoms with Crippen molar-refractivity contribution in [3.05, 3.63) is 57.5 Å². The Kier molecular flexibility index (Phi) is 2.63. The van der Waals surface area contributed by atoms with Crippen molar-refractivity contribution in [2.75, 3.05) is 0 Å². The molecular formula is C13H12N4O2. The van der Waals surface area contributed by atoms with Crippen molar-refractivity contribution in [2.24, 2.45) is 0 Å². The maximum absolute atomic E-state index is 12.2. The van der Waals surface area contributed by atoms with E-state index in [2.05, 4.69) is 15.0 Å². The highest BCUT2D eigenvalue weighted by atomic mass is 16.2. The van der Waals surface area contributed by atoms with E-state index in [-0.39, 0.29) is 11.6 Å². The van der Waals surface area contributed by atoms with E-state index in [1.165, 1.54) is 12.4 Å². The van der Waals surface area contributed by atoms with Gasteiger partial charge in [-0.05, 0) is 24.1 Å². The van der Waals surface area contributed by atoms with Crippen LogP contribution in [0.25, 0.3) is 0 Å². The summed E-state index contributed by atoms with van der Waals surface area (Å²) in [6.07, 6.45) is 4.59. The van der Waals surface area contributed by atoms with Crippen LogP contribution in [0.4, 0.5) is 0 Å². The number of aromatic nitrogens is 3. The lowest BCUT2D eigenvalue weighted by molar-refractivity contribution is 0.0743. The number of carbonyl (C=O) groups is 1. The van der Waals surface area contributed by atoms with Gasteiger partial charge in [0, 0.05) is 37.4 Å². The number of nitrogens with one attached hydrogen (secondary N) is 1. The van der Waals surface area contributed by atoms with Crippen LogP contribution >= 0.6 is 0 Å². The monoisotopic (exact) mass is 256 g/mol. The largest absolute Gasteiger partial charge is 0.328 e. The molecule has 1 aliphatic rings. The minimum absolute atomic E-state index is 0.0695. The normalized spacial score (nSPS) is 13.4. The number of aryl methyl sites for hydroxylation is 1. The molecule has 3 heterocycles. The zero-order valence-electron chi connectivity index (χ0n) is 10.4. The second kappa shape index (κ2) is 4.31. The molecule has 96 valence electrons. The Balaban J connectivity index is 1.89. The van der Waals surface area contributed by atoms with Gasteiger partial charge >= 0.3 is 0 Å². The number of pyridine rings is 1. The summed E-state index contributed by atoms with van der Waals surface area (Å²) in [5, 5.41) is 0. The van der Waals surface area contributed by atoms with Crippen molar-refractivity contribution in [1.82, 2.24) is 19.9 Å². The van der Waals surface area contributed by atoms with Gasteiger partial charge in [-0.25, -0.2) is 4.98 Å². The minimum Gasteiger partial charge on any atom is -0.328 e. The number of H-pyrrole nitrogens is 1. The van der Waals surface area contributed by atoms with Crippen LogP contribution in [0.5, 0.6) is 0 Å². The van der Waals surface area contributed by atoms with E-state index in [0.717, 1.165) is 16.8 Å². The first-order chi connectivity index (χ1) is 9.15. The number of hydrogen-bond acceptors (Lipinski definition) is 4. The van der Waals surface area contributed by atoms with Crippen LogP contribution in [0.2, 0.25) is 0 Å². The van der Waals surface area contributed by atoms with Gasteiger partial charge in [0.2, 0.25) is 0 Å². The maximum Gasteiger partial charge on any atom is 0.279 e. The number of fused-ring (bicyclic) bond motifs is 1. The fourth-order valence-corrected chi connectivity index (χ4v) is 2.20. The van der Waals surface area contributed by atoms with Gasteiger partial charge in [-0.15, -0.1) is 0 Å². The summed E-state index contributed by atoms with van der Waals surface area (Å²) in [4.78, 5) is 35.9. The lowest BCUT2D eigenvalue weighted by Crippen LogP contribution is -2.31. The van der Waals surface area contributed by atoms with E-state index in [0.29, 0.717) is 13.1 Å². The predicted molar refractivity (Wildman–Crippen MR) is 67.4 cm³/mol. The fraction of sp³-hybridized carbons (Fsp3) is 0.231. The Bertz CT molecular complexity index is 708. The third kappa shape index (κ3) is 2.01. The second-order valence-electron chi connectivity index (χ2n) is 4.52. The molecule has 0 aliphatic carbocycles. The summed E-state index contributed by atoms with van der Waals surface area (Å²) >= 11 is 0. The Hall–Kier alpha value is -2.50. The molecule has 0 saturated heterocycles. The molecule has 0 atom stereocenters. The van der Waals surface area contributed by atoms with Gasteiger partial charge in [-0.3, -0.25) is 14.6 Å². The van der Waals surface area contributed by atoms with Crippen molar-refractivity contribution in [2.45, 2.75) is 20.0 Å². The molecule has 6 heteroatoms. The van der Waals surface area contributed by atoms with E-state index in [9.17, 15) is 9.59 Å². The predicted octanol–water partition coefficient (Wildman–Crippen LogP) is 0.629. The first-order valence-electron chi connectivity index (χ1n) is 5.92. The highest BCUT2D eigenvalue weighted by Crippen LogP contribution is 2.23. The molecule has 6 nitrogen and oxygen atoms in total. The minimum atomic E-state index is -0.460. The molecular weight excluding hydrogens is 244 g/mol. The number of carbonyl (C=O) groups excluding carboxylic acids is 1. The number of aromatic amines is 1. The van der Waals surface area contributed by atoms with Crippen LogP contribution in [0.3, 0.4) is 0 Å². The van der Waals surface area contributed by atoms with E-state index in [1.807, 2.05) is 13.0 Å². The van der Waals surface area contributed by atoms with Crippen molar-refractivity contribution < 1.29 is 4.79 Å². The number of rotatable bonds is 1. The SMILES string of the molecule is Cc1cc2c(cn1)CN(C(=O)c1ncc[nH]c1=O)C2. The number of hydrogen-bond donors (Lipinski definition) is 1. The number of amides is 1. The quantitative estimate of drug-likeness (QED) is 0.811. The molecule has 1 amide bonds. The highest BCUT2D eigenvalue weighted by Gasteiger charge is 2.26. The lowest BCUT2D eigenvalue weighted by atomic mass is 10.2. The Morgan fingerprint density at radius 1 is 1.32 bits per heavy atom. The standard InChI is InChI=1S/C13H12N4O2/c1-8-4-9-6-17(7-10(9)5-16-8)13(19)11-12(18)15-3-2-14-11/h2-5H,6-7H2,1H3,(H,15,18). The molecule has 19 heavy (non-hydrogen) atoms. The van der Waals surface area contributed by atoms with Crippen LogP contribution < -0.4 is 5.56 Å². The highest BCUT2D eigenvalue weighted by molar-refractivity contribution is 5.92. The molecule has 0 spiro atoms. The topological polar surface area (TPSA) is 79.0 Å². The van der Waals surface area contributed by atoms with E-state index in [1.54, 1.807) is 11.1 Å². The summed E-state index contributed by atoms with van der Waals surface area (Å²) in [6.45, 7) is 2.87. The zero-order valence-corrected chi connectivity index (χ0v) is 10.4. The molecule has 0 bridgehead atoms. The Labute approximate surface area is 109 Å². The van der Waals surface area contributed by atoms with Crippen LogP contribution in [0, 0.1) is 6.92 Å². The van der Waals surface area contributed by atoms with Crippen molar-refractivity contribution in [1.29, 1.82) is 0 Å². The molecule has 1 aliphatic heterocycles. The summed E-state index contributed by atoms with van der Waals surface area (Å²) in [7, 11) is 0. The smallest absolute Gasteiger partial charge is 0.279 e. The summed E-state index contributed by atoms with van der Waals surface area (Å²) in [6, 6.07) is 1.96. The van der Waals surface area contributed by atoms with Gasteiger partial charge in [0.15, 0.2) is 5.69 Å². The molecule has 2 aromatic rings. The summed E-state index contributed by atoms with van der Waals surface area (Å²) in [5.41, 5.74) is 2.49. The van der Waals surface area contributed by atoms with Crippen molar-refractivity contribution in [3.8, 4) is 0 Å². The zero-order chi connectivity index (χ0) is 13.4. The number of nitrogens with zero attached hydrogens (tertiary/aromatic N) is 3. The summed E-state index contributed by atoms with van der Waals surface area (Å²) in [5.74, 6) is -0.351. The third-order valence-electron chi connectivity index (χ3n) is 3.14. The van der Waals surface area contributed by atoms with E-state index < -0.39 is 5.56 Å². The first-order valence-corrected chi connectivity index (χ1v) is 5.92. The third-order valence-corrected chi connectivity index (χ3v) is 3.14. The van der Waals surface area contributed by atoms with Gasteiger partial charge in [-0.2, -0.15) is 0 Å². The molecule has 0 aromatic carbocycles. The molecule has 0 fully saturated rings. The fourth-order valence-electron chi connectivity index (χ4n) is 2.20. The van der Waals surface area contributed by atoms with Crippen LogP contribution in [-0.4, -0.2) is 25.8 Å². The molecule has 2 aromatic heterocycles. The Morgan fingerprint density at radius 2 is 2.11 bits per heavy atom. The average molecular weight is 256 g/mol. The lowest BCUT2D eigenvalue weighted by Gasteiger charge is -2.13. The first kappa shape index (κ1) is 11.6.